The van der Waals surface area contributed by atoms with E-state index in [2.05, 4.69) is 30.5 Å². The standard InChI is InChI=1S/C13H24N6O2/c1-14-11-16-12(15-10(5-8-20)9-21-2)18-13(17-11)19-6-3-4-7-19/h10,20H,3-9H2,1-2H3,(H2,14,15,16,17,18). The van der Waals surface area contributed by atoms with Gasteiger partial charge < -0.3 is 25.4 Å². The van der Waals surface area contributed by atoms with Crippen LogP contribution in [0.25, 0.3) is 0 Å². The van der Waals surface area contributed by atoms with E-state index in [4.69, 9.17) is 9.84 Å². The van der Waals surface area contributed by atoms with Crippen molar-refractivity contribution in [3.05, 3.63) is 0 Å². The third-order valence-electron chi connectivity index (χ3n) is 3.41. The van der Waals surface area contributed by atoms with Crippen LogP contribution in [0.4, 0.5) is 17.8 Å². The van der Waals surface area contributed by atoms with Crippen LogP contribution in [-0.4, -0.2) is 66.6 Å². The van der Waals surface area contributed by atoms with Crippen LogP contribution in [0.1, 0.15) is 19.3 Å². The van der Waals surface area contributed by atoms with E-state index >= 15 is 0 Å². The van der Waals surface area contributed by atoms with E-state index in [1.165, 1.54) is 12.8 Å². The van der Waals surface area contributed by atoms with E-state index in [1.54, 1.807) is 14.2 Å². The Balaban J connectivity index is 2.14. The minimum Gasteiger partial charge on any atom is -0.396 e. The fourth-order valence-electron chi connectivity index (χ4n) is 2.34. The van der Waals surface area contributed by atoms with E-state index in [9.17, 15) is 0 Å². The highest BCUT2D eigenvalue weighted by Gasteiger charge is 2.18. The van der Waals surface area contributed by atoms with Crippen LogP contribution >= 0.6 is 0 Å². The van der Waals surface area contributed by atoms with E-state index in [-0.39, 0.29) is 12.6 Å². The van der Waals surface area contributed by atoms with Crippen molar-refractivity contribution in [1.29, 1.82) is 0 Å². The van der Waals surface area contributed by atoms with Gasteiger partial charge in [0.25, 0.3) is 0 Å². The summed E-state index contributed by atoms with van der Waals surface area (Å²) in [6.07, 6.45) is 2.91. The van der Waals surface area contributed by atoms with E-state index in [1.807, 2.05) is 0 Å². The lowest BCUT2D eigenvalue weighted by Crippen LogP contribution is -2.28. The Bertz CT molecular complexity index is 433. The first kappa shape index (κ1) is 15.7. The molecular weight excluding hydrogens is 272 g/mol. The maximum Gasteiger partial charge on any atom is 0.231 e. The average Bonchev–Trinajstić information content (AvgIpc) is 3.01. The molecule has 1 aromatic rings. The normalized spacial score (nSPS) is 16.0. The number of hydrogen-bond donors (Lipinski definition) is 3. The van der Waals surface area contributed by atoms with Gasteiger partial charge in [0.1, 0.15) is 0 Å². The molecule has 1 aliphatic rings. The van der Waals surface area contributed by atoms with Gasteiger partial charge in [-0.25, -0.2) is 0 Å². The summed E-state index contributed by atoms with van der Waals surface area (Å²) in [7, 11) is 3.42. The Morgan fingerprint density at radius 3 is 2.57 bits per heavy atom. The lowest BCUT2D eigenvalue weighted by atomic mass is 10.2. The Labute approximate surface area is 125 Å². The SMILES string of the molecule is CNc1nc(NC(CCO)COC)nc(N2CCCC2)n1. The molecule has 1 unspecified atom stereocenters. The van der Waals surface area contributed by atoms with E-state index < -0.39 is 0 Å². The third-order valence-corrected chi connectivity index (χ3v) is 3.41. The van der Waals surface area contributed by atoms with Gasteiger partial charge in [-0.1, -0.05) is 0 Å². The summed E-state index contributed by atoms with van der Waals surface area (Å²) in [4.78, 5) is 15.4. The molecule has 0 aromatic carbocycles. The van der Waals surface area contributed by atoms with Crippen LogP contribution in [0.2, 0.25) is 0 Å². The Kier molecular flexibility index (Phi) is 5.94. The number of aromatic nitrogens is 3. The van der Waals surface area contributed by atoms with Crippen molar-refractivity contribution in [3.63, 3.8) is 0 Å². The molecule has 1 fully saturated rings. The summed E-state index contributed by atoms with van der Waals surface area (Å²) in [6, 6.07) is -0.0291. The largest absolute Gasteiger partial charge is 0.396 e. The second-order valence-corrected chi connectivity index (χ2v) is 5.04. The molecule has 1 aliphatic heterocycles. The summed E-state index contributed by atoms with van der Waals surface area (Å²) < 4.78 is 5.14. The molecule has 1 saturated heterocycles. The molecular formula is C13H24N6O2. The zero-order chi connectivity index (χ0) is 15.1. The van der Waals surface area contributed by atoms with Gasteiger partial charge in [-0.15, -0.1) is 0 Å². The van der Waals surface area contributed by atoms with Gasteiger partial charge in [0, 0.05) is 33.9 Å². The van der Waals surface area contributed by atoms with Gasteiger partial charge in [0.05, 0.1) is 12.6 Å². The second-order valence-electron chi connectivity index (χ2n) is 5.04. The van der Waals surface area contributed by atoms with Gasteiger partial charge >= 0.3 is 0 Å². The molecule has 0 amide bonds. The zero-order valence-electron chi connectivity index (χ0n) is 12.7. The van der Waals surface area contributed by atoms with Gasteiger partial charge in [-0.2, -0.15) is 15.0 Å². The molecule has 21 heavy (non-hydrogen) atoms. The van der Waals surface area contributed by atoms with E-state index in [0.29, 0.717) is 30.9 Å². The smallest absolute Gasteiger partial charge is 0.231 e. The maximum absolute atomic E-state index is 9.10. The minimum atomic E-state index is -0.0291. The molecule has 8 nitrogen and oxygen atoms in total. The van der Waals surface area contributed by atoms with Crippen LogP contribution < -0.4 is 15.5 Å². The first-order valence-electron chi connectivity index (χ1n) is 7.32. The number of methoxy groups -OCH3 is 1. The quantitative estimate of drug-likeness (QED) is 0.631. The number of hydrogen-bond acceptors (Lipinski definition) is 8. The van der Waals surface area contributed by atoms with Crippen LogP contribution in [0.15, 0.2) is 0 Å². The summed E-state index contributed by atoms with van der Waals surface area (Å²) in [5.41, 5.74) is 0. The summed E-state index contributed by atoms with van der Waals surface area (Å²) >= 11 is 0. The molecule has 0 spiro atoms. The first-order valence-corrected chi connectivity index (χ1v) is 7.32. The summed E-state index contributed by atoms with van der Waals surface area (Å²) in [5, 5.41) is 15.3. The van der Waals surface area contributed by atoms with Crippen molar-refractivity contribution < 1.29 is 9.84 Å². The second kappa shape index (κ2) is 7.94. The molecule has 1 atom stereocenters. The van der Waals surface area contributed by atoms with E-state index in [0.717, 1.165) is 13.1 Å². The fourth-order valence-corrected chi connectivity index (χ4v) is 2.34. The number of nitrogens with zero attached hydrogens (tertiary/aromatic N) is 4. The number of nitrogens with one attached hydrogen (secondary N) is 2. The molecule has 3 N–H and O–H groups in total. The van der Waals surface area contributed by atoms with Crippen molar-refractivity contribution in [2.24, 2.45) is 0 Å². The lowest BCUT2D eigenvalue weighted by Gasteiger charge is -2.20. The molecule has 0 saturated carbocycles. The minimum absolute atomic E-state index is 0.0291. The number of anilines is 3. The van der Waals surface area contributed by atoms with Crippen LogP contribution in [0.3, 0.4) is 0 Å². The summed E-state index contributed by atoms with van der Waals surface area (Å²) in [6.45, 7) is 2.53. The summed E-state index contributed by atoms with van der Waals surface area (Å²) in [5.74, 6) is 1.73. The van der Waals surface area contributed by atoms with Gasteiger partial charge in [-0.3, -0.25) is 0 Å². The fraction of sp³-hybridized carbons (Fsp3) is 0.769. The molecule has 0 bridgehead atoms. The highest BCUT2D eigenvalue weighted by Crippen LogP contribution is 2.19. The molecule has 118 valence electrons. The lowest BCUT2D eigenvalue weighted by molar-refractivity contribution is 0.170. The zero-order valence-corrected chi connectivity index (χ0v) is 12.7. The maximum atomic E-state index is 9.10. The molecule has 0 aliphatic carbocycles. The van der Waals surface area contributed by atoms with Crippen LogP contribution in [-0.2, 0) is 4.74 Å². The van der Waals surface area contributed by atoms with Gasteiger partial charge in [0.2, 0.25) is 17.8 Å². The number of aliphatic hydroxyl groups is 1. The predicted octanol–water partition coefficient (Wildman–Crippen LogP) is 0.323. The number of ether oxygens (including phenoxy) is 1. The Morgan fingerprint density at radius 2 is 1.95 bits per heavy atom. The van der Waals surface area contributed by atoms with Crippen molar-refractivity contribution in [1.82, 2.24) is 15.0 Å². The molecule has 8 heteroatoms. The van der Waals surface area contributed by atoms with Gasteiger partial charge in [0.15, 0.2) is 0 Å². The monoisotopic (exact) mass is 296 g/mol. The number of rotatable bonds is 8. The molecule has 1 aromatic heterocycles. The van der Waals surface area contributed by atoms with Crippen molar-refractivity contribution in [2.75, 3.05) is 56.0 Å². The predicted molar refractivity (Wildman–Crippen MR) is 81.8 cm³/mol. The Morgan fingerprint density at radius 1 is 1.24 bits per heavy atom. The molecule has 2 rings (SSSR count). The number of aliphatic hydroxyl groups excluding tert-OH is 1. The van der Waals surface area contributed by atoms with Crippen molar-refractivity contribution in [3.8, 4) is 0 Å². The van der Waals surface area contributed by atoms with Crippen molar-refractivity contribution in [2.45, 2.75) is 25.3 Å². The van der Waals surface area contributed by atoms with Gasteiger partial charge in [-0.05, 0) is 19.3 Å². The van der Waals surface area contributed by atoms with Crippen LogP contribution in [0.5, 0.6) is 0 Å². The topological polar surface area (TPSA) is 95.4 Å². The first-order chi connectivity index (χ1) is 10.3. The molecule has 2 heterocycles. The third kappa shape index (κ3) is 4.40. The average molecular weight is 296 g/mol. The van der Waals surface area contributed by atoms with Crippen molar-refractivity contribution >= 4 is 17.8 Å². The highest BCUT2D eigenvalue weighted by molar-refractivity contribution is 5.44. The molecule has 0 radical (unpaired) electrons. The van der Waals surface area contributed by atoms with Crippen LogP contribution in [0, 0.1) is 0 Å². The Hall–Kier alpha value is -1.67. The highest BCUT2D eigenvalue weighted by atomic mass is 16.5.